The van der Waals surface area contributed by atoms with Crippen LogP contribution in [0.1, 0.15) is 44.4 Å². The van der Waals surface area contributed by atoms with Crippen LogP contribution in [0.2, 0.25) is 0 Å². The summed E-state index contributed by atoms with van der Waals surface area (Å²) in [5.74, 6) is 0. The van der Waals surface area contributed by atoms with Crippen LogP contribution in [-0.4, -0.2) is 27.7 Å². The molecular formula is C21H25NO2S2. The predicted octanol–water partition coefficient (Wildman–Crippen LogP) is 5.12. The Bertz CT molecular complexity index is 810. The van der Waals surface area contributed by atoms with Gasteiger partial charge in [0.25, 0.3) is 0 Å². The molecule has 0 amide bonds. The van der Waals surface area contributed by atoms with Gasteiger partial charge in [0.2, 0.25) is 0 Å². The van der Waals surface area contributed by atoms with Crippen LogP contribution in [-0.2, 0) is 22.5 Å². The van der Waals surface area contributed by atoms with Gasteiger partial charge in [0.15, 0.2) is 5.05 Å². The Balaban J connectivity index is 2.57. The molecule has 0 aliphatic rings. The molecule has 2 aromatic rings. The van der Waals surface area contributed by atoms with E-state index < -0.39 is 16.1 Å². The fourth-order valence-electron chi connectivity index (χ4n) is 2.45. The molecule has 0 fully saturated rings. The molecule has 0 spiro atoms. The van der Waals surface area contributed by atoms with Gasteiger partial charge >= 0.3 is 0 Å². The van der Waals surface area contributed by atoms with Crippen molar-refractivity contribution in [3.05, 3.63) is 59.2 Å². The average Bonchev–Trinajstić information content (AvgIpc) is 2.64. The van der Waals surface area contributed by atoms with E-state index in [1.807, 2.05) is 45.0 Å². The van der Waals surface area contributed by atoms with E-state index in [1.54, 1.807) is 13.3 Å². The van der Waals surface area contributed by atoms with Crippen LogP contribution in [0.25, 0.3) is 11.1 Å². The second kappa shape index (κ2) is 8.80. The molecule has 0 aliphatic carbocycles. The van der Waals surface area contributed by atoms with Crippen LogP contribution in [0.3, 0.4) is 0 Å². The Morgan fingerprint density at radius 1 is 1.19 bits per heavy atom. The van der Waals surface area contributed by atoms with E-state index in [9.17, 15) is 4.55 Å². The van der Waals surface area contributed by atoms with Gasteiger partial charge in [0, 0.05) is 11.1 Å². The first-order valence-corrected chi connectivity index (χ1v) is 10.1. The van der Waals surface area contributed by atoms with E-state index in [-0.39, 0.29) is 0 Å². The quantitative estimate of drug-likeness (QED) is 0.406. The second-order valence-electron chi connectivity index (χ2n) is 6.91. The molecule has 0 saturated carbocycles. The molecule has 0 heterocycles. The number of hydrogen-bond donors (Lipinski definition) is 0. The summed E-state index contributed by atoms with van der Waals surface area (Å²) in [6.07, 6.45) is 2.63. The summed E-state index contributed by atoms with van der Waals surface area (Å²) in [4.78, 5) is 0. The zero-order valence-corrected chi connectivity index (χ0v) is 17.5. The Kier molecular flexibility index (Phi) is 6.98. The van der Waals surface area contributed by atoms with Crippen molar-refractivity contribution in [1.29, 1.82) is 0 Å². The minimum Gasteiger partial charge on any atom is -0.591 e. The number of hydrogen-bond acceptors (Lipinski definition) is 4. The van der Waals surface area contributed by atoms with Crippen molar-refractivity contribution in [2.24, 2.45) is 4.40 Å². The predicted molar refractivity (Wildman–Crippen MR) is 115 cm³/mol. The summed E-state index contributed by atoms with van der Waals surface area (Å²) in [7, 11) is 1.58. The van der Waals surface area contributed by atoms with E-state index in [2.05, 4.69) is 29.5 Å². The average molecular weight is 388 g/mol. The molecule has 5 heteroatoms. The third-order valence-corrected chi connectivity index (χ3v) is 5.69. The van der Waals surface area contributed by atoms with Crippen LogP contribution >= 0.6 is 12.2 Å². The highest BCUT2D eigenvalue weighted by Gasteiger charge is 2.26. The van der Waals surface area contributed by atoms with Crippen molar-refractivity contribution < 1.29 is 9.29 Å². The zero-order valence-electron chi connectivity index (χ0n) is 15.9. The maximum atomic E-state index is 12.3. The van der Waals surface area contributed by atoms with Crippen molar-refractivity contribution >= 4 is 34.8 Å². The first-order chi connectivity index (χ1) is 12.3. The maximum Gasteiger partial charge on any atom is 0.191 e. The number of ether oxygens (including phenoxy) is 1. The molecule has 0 saturated heterocycles. The van der Waals surface area contributed by atoms with Crippen molar-refractivity contribution in [3.63, 3.8) is 0 Å². The summed E-state index contributed by atoms with van der Waals surface area (Å²) >= 11 is 4.04. The zero-order chi connectivity index (χ0) is 19.3. The summed E-state index contributed by atoms with van der Waals surface area (Å²) < 4.78 is 21.5. The van der Waals surface area contributed by atoms with Gasteiger partial charge < -0.3 is 9.29 Å². The molecule has 0 bridgehead atoms. The summed E-state index contributed by atoms with van der Waals surface area (Å²) in [5.41, 5.74) is 4.95. The van der Waals surface area contributed by atoms with Gasteiger partial charge in [-0.05, 0) is 68.2 Å². The molecule has 1 atom stereocenters. The molecule has 26 heavy (non-hydrogen) atoms. The van der Waals surface area contributed by atoms with Crippen LogP contribution in [0.15, 0.2) is 46.9 Å². The molecule has 0 aliphatic heterocycles. The number of nitrogens with zero attached hydrogens (tertiary/aromatic N) is 1. The van der Waals surface area contributed by atoms with Crippen LogP contribution < -0.4 is 0 Å². The highest BCUT2D eigenvalue weighted by molar-refractivity contribution is 7.91. The first kappa shape index (κ1) is 20.6. The van der Waals surface area contributed by atoms with Gasteiger partial charge in [-0.25, -0.2) is 0 Å². The minimum absolute atomic E-state index is 0.394. The van der Waals surface area contributed by atoms with E-state index >= 15 is 0 Å². The normalized spacial score (nSPS) is 13.0. The lowest BCUT2D eigenvalue weighted by Gasteiger charge is -2.18. The number of methoxy groups -OCH3 is 1. The van der Waals surface area contributed by atoms with Gasteiger partial charge in [-0.1, -0.05) is 41.7 Å². The Morgan fingerprint density at radius 3 is 2.50 bits per heavy atom. The lowest BCUT2D eigenvalue weighted by atomic mass is 9.94. The number of rotatable bonds is 5. The van der Waals surface area contributed by atoms with Gasteiger partial charge in [-0.15, -0.1) is 0 Å². The van der Waals surface area contributed by atoms with Crippen LogP contribution in [0, 0.1) is 0 Å². The monoisotopic (exact) mass is 387 g/mol. The molecule has 138 valence electrons. The molecule has 3 nitrogen and oxygen atoms in total. The van der Waals surface area contributed by atoms with Gasteiger partial charge in [-0.2, -0.15) is 0 Å². The highest BCUT2D eigenvalue weighted by Crippen LogP contribution is 2.29. The molecule has 2 rings (SSSR count). The molecule has 2 aromatic carbocycles. The Morgan fingerprint density at radius 2 is 1.88 bits per heavy atom. The van der Waals surface area contributed by atoms with Crippen LogP contribution in [0.4, 0.5) is 0 Å². The number of aryl methyl sites for hydroxylation is 1. The maximum absolute atomic E-state index is 12.3. The topological polar surface area (TPSA) is 44.6 Å². The van der Waals surface area contributed by atoms with Crippen LogP contribution in [0.5, 0.6) is 0 Å². The highest BCUT2D eigenvalue weighted by atomic mass is 32.2. The molecule has 0 aromatic heterocycles. The van der Waals surface area contributed by atoms with Crippen molar-refractivity contribution in [2.45, 2.75) is 38.9 Å². The largest absolute Gasteiger partial charge is 0.591 e. The van der Waals surface area contributed by atoms with E-state index in [0.717, 1.165) is 28.7 Å². The molecule has 0 radical (unpaired) electrons. The van der Waals surface area contributed by atoms with Gasteiger partial charge in [0.1, 0.15) is 16.1 Å². The Hall–Kier alpha value is -1.69. The summed E-state index contributed by atoms with van der Waals surface area (Å²) in [6.45, 7) is 7.85. The third-order valence-electron chi connectivity index (χ3n) is 3.96. The lowest BCUT2D eigenvalue weighted by Crippen LogP contribution is -2.25. The van der Waals surface area contributed by atoms with E-state index in [4.69, 9.17) is 17.0 Å². The molecule has 0 N–H and O–H groups in total. The van der Waals surface area contributed by atoms with Crippen molar-refractivity contribution in [2.75, 3.05) is 7.11 Å². The fourth-order valence-corrected chi connectivity index (χ4v) is 3.16. The second-order valence-corrected chi connectivity index (χ2v) is 9.21. The van der Waals surface area contributed by atoms with Crippen molar-refractivity contribution in [3.8, 4) is 11.1 Å². The minimum atomic E-state index is -1.31. The van der Waals surface area contributed by atoms with Gasteiger partial charge in [-0.3, -0.25) is 0 Å². The smallest absolute Gasteiger partial charge is 0.191 e. The SMILES string of the molecule is CCc1ccc(-c2ccccc2C(=S)OC)c(/C=N\[S+]([O-])C(C)(C)C)c1. The summed E-state index contributed by atoms with van der Waals surface area (Å²) in [5, 5.41) is 0.446. The van der Waals surface area contributed by atoms with E-state index in [0.29, 0.717) is 5.05 Å². The number of benzene rings is 2. The van der Waals surface area contributed by atoms with E-state index in [1.165, 1.54) is 5.56 Å². The first-order valence-electron chi connectivity index (χ1n) is 8.54. The Labute approximate surface area is 164 Å². The summed E-state index contributed by atoms with van der Waals surface area (Å²) in [6, 6.07) is 14.1. The van der Waals surface area contributed by atoms with Gasteiger partial charge in [0.05, 0.1) is 13.3 Å². The number of thiocarbonyl (C=S) groups is 1. The standard InChI is InChI=1S/C21H25NO2S2/c1-6-15-11-12-17(16(13-15)14-22-26(23)21(2,3)4)18-9-7-8-10-19(18)20(25)24-5/h7-14H,6H2,1-5H3/b22-14-. The molecule has 1 unspecified atom stereocenters. The fraction of sp³-hybridized carbons (Fsp3) is 0.333. The molecular weight excluding hydrogens is 362 g/mol. The third kappa shape index (κ3) is 4.93. The van der Waals surface area contributed by atoms with Crippen molar-refractivity contribution in [1.82, 2.24) is 0 Å². The lowest BCUT2D eigenvalue weighted by molar-refractivity contribution is 0.416.